The number of nitrogens with zero attached hydrogens (tertiary/aromatic N) is 3. The van der Waals surface area contributed by atoms with Gasteiger partial charge in [-0.2, -0.15) is 4.31 Å². The molecule has 0 unspecified atom stereocenters. The van der Waals surface area contributed by atoms with Crippen molar-refractivity contribution in [2.24, 2.45) is 0 Å². The minimum atomic E-state index is -3.52. The summed E-state index contributed by atoms with van der Waals surface area (Å²) in [6.07, 6.45) is 0. The Morgan fingerprint density at radius 1 is 0.871 bits per heavy atom. The van der Waals surface area contributed by atoms with Gasteiger partial charge in [0.05, 0.1) is 4.90 Å². The van der Waals surface area contributed by atoms with Gasteiger partial charge in [-0.25, -0.2) is 8.42 Å². The van der Waals surface area contributed by atoms with Gasteiger partial charge in [0.2, 0.25) is 10.0 Å². The van der Waals surface area contributed by atoms with E-state index in [2.05, 4.69) is 4.90 Å². The number of hydrogen-bond donors (Lipinski definition) is 0. The zero-order valence-corrected chi connectivity index (χ0v) is 18.7. The molecule has 1 amide bonds. The number of benzene rings is 3. The second-order valence-corrected chi connectivity index (χ2v) is 10.0. The third-order valence-electron chi connectivity index (χ3n) is 5.68. The van der Waals surface area contributed by atoms with E-state index in [1.165, 1.54) is 0 Å². The highest BCUT2D eigenvalue weighted by atomic mass is 32.2. The van der Waals surface area contributed by atoms with E-state index >= 15 is 0 Å². The summed E-state index contributed by atoms with van der Waals surface area (Å²) in [7, 11) is -0.0402. The molecule has 3 aromatic rings. The van der Waals surface area contributed by atoms with Crippen molar-refractivity contribution < 1.29 is 13.2 Å². The minimum absolute atomic E-state index is 0.0202. The van der Waals surface area contributed by atoms with Gasteiger partial charge < -0.3 is 4.90 Å². The van der Waals surface area contributed by atoms with E-state index in [-0.39, 0.29) is 5.91 Å². The molecule has 0 saturated carbocycles. The maximum Gasteiger partial charge on any atom is 0.253 e. The second kappa shape index (κ2) is 8.78. The van der Waals surface area contributed by atoms with Crippen molar-refractivity contribution in [3.05, 3.63) is 77.9 Å². The van der Waals surface area contributed by atoms with Crippen LogP contribution in [0.2, 0.25) is 0 Å². The maximum absolute atomic E-state index is 13.1. The number of rotatable bonds is 5. The van der Waals surface area contributed by atoms with Gasteiger partial charge in [-0.15, -0.1) is 0 Å². The van der Waals surface area contributed by atoms with E-state index < -0.39 is 10.0 Å². The Hall–Kier alpha value is -2.74. The predicted molar refractivity (Wildman–Crippen MR) is 122 cm³/mol. The third kappa shape index (κ3) is 4.63. The summed E-state index contributed by atoms with van der Waals surface area (Å²) in [6.45, 7) is 2.90. The summed E-state index contributed by atoms with van der Waals surface area (Å²) >= 11 is 0. The molecular formula is C24H27N3O3S. The molecule has 1 heterocycles. The van der Waals surface area contributed by atoms with Crippen LogP contribution in [-0.4, -0.2) is 68.7 Å². The highest BCUT2D eigenvalue weighted by molar-refractivity contribution is 7.89. The van der Waals surface area contributed by atoms with Crippen molar-refractivity contribution in [3.8, 4) is 0 Å². The molecular weight excluding hydrogens is 410 g/mol. The molecule has 0 radical (unpaired) electrons. The Morgan fingerprint density at radius 2 is 1.58 bits per heavy atom. The molecule has 0 spiro atoms. The first-order chi connectivity index (χ1) is 14.8. The highest BCUT2D eigenvalue weighted by Crippen LogP contribution is 2.23. The standard InChI is InChI=1S/C24H27N3O3S/c1-25(2)24(28)22-9-5-6-19(16-22)18-26-12-14-27(15-13-26)31(29,30)23-11-10-20-7-3-4-8-21(20)17-23/h3-11,16-17H,12-15,18H2,1-2H3. The van der Waals surface area contributed by atoms with Crippen LogP contribution in [0.5, 0.6) is 0 Å². The van der Waals surface area contributed by atoms with Crippen molar-refractivity contribution in [1.29, 1.82) is 0 Å². The Labute approximate surface area is 183 Å². The normalized spacial score (nSPS) is 15.8. The van der Waals surface area contributed by atoms with Crippen molar-refractivity contribution >= 4 is 26.7 Å². The lowest BCUT2D eigenvalue weighted by molar-refractivity contribution is 0.0827. The van der Waals surface area contributed by atoms with Crippen LogP contribution < -0.4 is 0 Å². The van der Waals surface area contributed by atoms with E-state index in [1.807, 2.05) is 54.6 Å². The summed E-state index contributed by atoms with van der Waals surface area (Å²) in [6, 6.07) is 20.7. The first-order valence-corrected chi connectivity index (χ1v) is 11.8. The highest BCUT2D eigenvalue weighted by Gasteiger charge is 2.28. The van der Waals surface area contributed by atoms with Crippen LogP contribution >= 0.6 is 0 Å². The largest absolute Gasteiger partial charge is 0.345 e. The van der Waals surface area contributed by atoms with Gasteiger partial charge in [-0.3, -0.25) is 9.69 Å². The molecule has 0 N–H and O–H groups in total. The first kappa shape index (κ1) is 21.5. The van der Waals surface area contributed by atoms with E-state index in [4.69, 9.17) is 0 Å². The molecule has 6 nitrogen and oxygen atoms in total. The van der Waals surface area contributed by atoms with E-state index in [1.54, 1.807) is 35.4 Å². The molecule has 4 rings (SSSR count). The SMILES string of the molecule is CN(C)C(=O)c1cccc(CN2CCN(S(=O)(=O)c3ccc4ccccc4c3)CC2)c1. The van der Waals surface area contributed by atoms with Crippen molar-refractivity contribution in [2.45, 2.75) is 11.4 Å². The summed E-state index contributed by atoms with van der Waals surface area (Å²) < 4.78 is 27.9. The number of amides is 1. The zero-order valence-electron chi connectivity index (χ0n) is 17.9. The van der Waals surface area contributed by atoms with Crippen molar-refractivity contribution in [3.63, 3.8) is 0 Å². The summed E-state index contributed by atoms with van der Waals surface area (Å²) in [5.41, 5.74) is 1.72. The summed E-state index contributed by atoms with van der Waals surface area (Å²) in [5.74, 6) is -0.0202. The molecule has 162 valence electrons. The van der Waals surface area contributed by atoms with Crippen LogP contribution in [0.4, 0.5) is 0 Å². The number of piperazine rings is 1. The number of hydrogen-bond acceptors (Lipinski definition) is 4. The summed E-state index contributed by atoms with van der Waals surface area (Å²) in [5, 5.41) is 1.95. The monoisotopic (exact) mass is 437 g/mol. The Morgan fingerprint density at radius 3 is 2.29 bits per heavy atom. The third-order valence-corrected chi connectivity index (χ3v) is 7.57. The lowest BCUT2D eigenvalue weighted by Crippen LogP contribution is -2.48. The molecule has 1 aliphatic rings. The molecule has 3 aromatic carbocycles. The fourth-order valence-electron chi connectivity index (χ4n) is 3.92. The second-order valence-electron chi connectivity index (χ2n) is 8.09. The Balaban J connectivity index is 1.42. The van der Waals surface area contributed by atoms with Gasteiger partial charge in [0.1, 0.15) is 0 Å². The molecule has 0 aliphatic carbocycles. The summed E-state index contributed by atoms with van der Waals surface area (Å²) in [4.78, 5) is 16.3. The van der Waals surface area contributed by atoms with Crippen LogP contribution in [-0.2, 0) is 16.6 Å². The lowest BCUT2D eigenvalue weighted by atomic mass is 10.1. The Kier molecular flexibility index (Phi) is 6.09. The fourth-order valence-corrected chi connectivity index (χ4v) is 5.38. The maximum atomic E-state index is 13.1. The van der Waals surface area contributed by atoms with Gasteiger partial charge in [0.15, 0.2) is 0 Å². The predicted octanol–water partition coefficient (Wildman–Crippen LogP) is 3.05. The smallest absolute Gasteiger partial charge is 0.253 e. The molecule has 0 atom stereocenters. The molecule has 1 aliphatic heterocycles. The first-order valence-electron chi connectivity index (χ1n) is 10.4. The number of fused-ring (bicyclic) bond motifs is 1. The quantitative estimate of drug-likeness (QED) is 0.616. The van der Waals surface area contributed by atoms with Gasteiger partial charge in [0, 0.05) is 52.4 Å². The van der Waals surface area contributed by atoms with Crippen LogP contribution in [0, 0.1) is 0 Å². The average molecular weight is 438 g/mol. The van der Waals surface area contributed by atoms with Gasteiger partial charge in [-0.05, 0) is 40.6 Å². The molecule has 0 aromatic heterocycles. The Bertz CT molecular complexity index is 1200. The molecule has 1 fully saturated rings. The van der Waals surface area contributed by atoms with Gasteiger partial charge in [-0.1, -0.05) is 42.5 Å². The van der Waals surface area contributed by atoms with Crippen LogP contribution in [0.15, 0.2) is 71.6 Å². The van der Waals surface area contributed by atoms with E-state index in [9.17, 15) is 13.2 Å². The molecule has 0 bridgehead atoms. The van der Waals surface area contributed by atoms with Crippen LogP contribution in [0.25, 0.3) is 10.8 Å². The fraction of sp³-hybridized carbons (Fsp3) is 0.292. The van der Waals surface area contributed by atoms with Crippen LogP contribution in [0.1, 0.15) is 15.9 Å². The number of sulfonamides is 1. The van der Waals surface area contributed by atoms with E-state index in [0.717, 1.165) is 16.3 Å². The average Bonchev–Trinajstić information content (AvgIpc) is 2.78. The van der Waals surface area contributed by atoms with Gasteiger partial charge in [0.25, 0.3) is 5.91 Å². The van der Waals surface area contributed by atoms with Gasteiger partial charge >= 0.3 is 0 Å². The minimum Gasteiger partial charge on any atom is -0.345 e. The van der Waals surface area contributed by atoms with Crippen molar-refractivity contribution in [1.82, 2.24) is 14.1 Å². The zero-order chi connectivity index (χ0) is 22.0. The topological polar surface area (TPSA) is 60.9 Å². The van der Waals surface area contributed by atoms with Crippen LogP contribution in [0.3, 0.4) is 0 Å². The molecule has 31 heavy (non-hydrogen) atoms. The molecule has 1 saturated heterocycles. The van der Waals surface area contributed by atoms with E-state index in [0.29, 0.717) is 43.2 Å². The number of carbonyl (C=O) groups excluding carboxylic acids is 1. The molecule has 7 heteroatoms. The van der Waals surface area contributed by atoms with Crippen molar-refractivity contribution in [2.75, 3.05) is 40.3 Å². The lowest BCUT2D eigenvalue weighted by Gasteiger charge is -2.34. The number of carbonyl (C=O) groups is 1.